The Bertz CT molecular complexity index is 638. The van der Waals surface area contributed by atoms with E-state index in [-0.39, 0.29) is 5.92 Å². The first-order valence-electron chi connectivity index (χ1n) is 7.02. The molecular formula is C14H15F3N4O. The number of halogens is 3. The number of aromatic nitrogens is 3. The Hall–Kier alpha value is -2.12. The molecule has 3 rings (SSSR count). The SMILES string of the molecule is Cc1noc(C2CCCN(c3ccc(C(F)(F)F)cn3)C2)n1. The first-order valence-corrected chi connectivity index (χ1v) is 7.02. The largest absolute Gasteiger partial charge is 0.417 e. The molecular weight excluding hydrogens is 297 g/mol. The van der Waals surface area contributed by atoms with E-state index < -0.39 is 11.7 Å². The van der Waals surface area contributed by atoms with Crippen LogP contribution in [0.1, 0.15) is 36.0 Å². The van der Waals surface area contributed by atoms with E-state index in [0.29, 0.717) is 24.1 Å². The highest BCUT2D eigenvalue weighted by molar-refractivity contribution is 5.41. The van der Waals surface area contributed by atoms with E-state index in [1.807, 2.05) is 4.90 Å². The van der Waals surface area contributed by atoms with Crippen LogP contribution in [0.3, 0.4) is 0 Å². The Balaban J connectivity index is 1.74. The van der Waals surface area contributed by atoms with Crippen LogP contribution >= 0.6 is 0 Å². The molecule has 0 spiro atoms. The zero-order valence-corrected chi connectivity index (χ0v) is 12.0. The van der Waals surface area contributed by atoms with Gasteiger partial charge >= 0.3 is 6.18 Å². The lowest BCUT2D eigenvalue weighted by molar-refractivity contribution is -0.137. The monoisotopic (exact) mass is 312 g/mol. The molecule has 2 aromatic heterocycles. The zero-order valence-electron chi connectivity index (χ0n) is 12.0. The van der Waals surface area contributed by atoms with Crippen molar-refractivity contribution in [1.29, 1.82) is 0 Å². The van der Waals surface area contributed by atoms with Gasteiger partial charge in [-0.1, -0.05) is 5.16 Å². The third-order valence-electron chi connectivity index (χ3n) is 3.71. The molecule has 0 bridgehead atoms. The molecule has 2 aromatic rings. The number of aryl methyl sites for hydroxylation is 1. The topological polar surface area (TPSA) is 55.1 Å². The van der Waals surface area contributed by atoms with Crippen molar-refractivity contribution >= 4 is 5.82 Å². The molecule has 0 amide bonds. The summed E-state index contributed by atoms with van der Waals surface area (Å²) in [6.07, 6.45) is -1.68. The van der Waals surface area contributed by atoms with Gasteiger partial charge in [0.15, 0.2) is 5.82 Å². The first-order chi connectivity index (χ1) is 10.4. The molecule has 0 aromatic carbocycles. The zero-order chi connectivity index (χ0) is 15.7. The number of piperidine rings is 1. The molecule has 5 nitrogen and oxygen atoms in total. The van der Waals surface area contributed by atoms with Crippen LogP contribution in [0.15, 0.2) is 22.9 Å². The second-order valence-electron chi connectivity index (χ2n) is 5.37. The van der Waals surface area contributed by atoms with Crippen molar-refractivity contribution in [2.24, 2.45) is 0 Å². The van der Waals surface area contributed by atoms with E-state index in [0.717, 1.165) is 31.6 Å². The summed E-state index contributed by atoms with van der Waals surface area (Å²) in [5.41, 5.74) is -0.739. The standard InChI is InChI=1S/C14H15F3N4O/c1-9-19-13(22-20-9)10-3-2-6-21(8-10)12-5-4-11(7-18-12)14(15,16)17/h4-5,7,10H,2-3,6,8H2,1H3. The third kappa shape index (κ3) is 3.05. The summed E-state index contributed by atoms with van der Waals surface area (Å²) in [6, 6.07) is 2.47. The van der Waals surface area contributed by atoms with E-state index in [2.05, 4.69) is 15.1 Å². The van der Waals surface area contributed by atoms with Crippen LogP contribution in [0.2, 0.25) is 0 Å². The van der Waals surface area contributed by atoms with E-state index in [1.165, 1.54) is 6.07 Å². The number of pyridine rings is 1. The summed E-state index contributed by atoms with van der Waals surface area (Å²) in [6.45, 7) is 3.12. The highest BCUT2D eigenvalue weighted by atomic mass is 19.4. The minimum atomic E-state index is -4.36. The smallest absolute Gasteiger partial charge is 0.356 e. The third-order valence-corrected chi connectivity index (χ3v) is 3.71. The summed E-state index contributed by atoms with van der Waals surface area (Å²) in [4.78, 5) is 10.1. The van der Waals surface area contributed by atoms with Crippen LogP contribution in [-0.4, -0.2) is 28.2 Å². The van der Waals surface area contributed by atoms with Crippen LogP contribution in [-0.2, 0) is 6.18 Å². The van der Waals surface area contributed by atoms with Crippen molar-refractivity contribution in [3.8, 4) is 0 Å². The van der Waals surface area contributed by atoms with Gasteiger partial charge in [0.1, 0.15) is 5.82 Å². The van der Waals surface area contributed by atoms with Crippen LogP contribution in [0.5, 0.6) is 0 Å². The summed E-state index contributed by atoms with van der Waals surface area (Å²) < 4.78 is 42.9. The Kier molecular flexibility index (Phi) is 3.76. The fraction of sp³-hybridized carbons (Fsp3) is 0.500. The molecule has 22 heavy (non-hydrogen) atoms. The molecule has 1 aliphatic rings. The summed E-state index contributed by atoms with van der Waals surface area (Å²) in [7, 11) is 0. The maximum absolute atomic E-state index is 12.6. The van der Waals surface area contributed by atoms with Crippen LogP contribution < -0.4 is 4.90 Å². The minimum Gasteiger partial charge on any atom is -0.356 e. The molecule has 1 aliphatic heterocycles. The second-order valence-corrected chi connectivity index (χ2v) is 5.37. The summed E-state index contributed by atoms with van der Waals surface area (Å²) in [5.74, 6) is 1.78. The van der Waals surface area contributed by atoms with Gasteiger partial charge in [-0.15, -0.1) is 0 Å². The predicted octanol–water partition coefficient (Wildman–Crippen LogP) is 3.18. The van der Waals surface area contributed by atoms with Gasteiger partial charge in [-0.25, -0.2) is 4.98 Å². The van der Waals surface area contributed by atoms with Gasteiger partial charge in [0.05, 0.1) is 11.5 Å². The quantitative estimate of drug-likeness (QED) is 0.852. The second kappa shape index (κ2) is 5.58. The molecule has 1 unspecified atom stereocenters. The Labute approximate surface area is 125 Å². The van der Waals surface area contributed by atoms with Crippen LogP contribution in [0.4, 0.5) is 19.0 Å². The number of alkyl halides is 3. The van der Waals surface area contributed by atoms with Gasteiger partial charge < -0.3 is 9.42 Å². The van der Waals surface area contributed by atoms with Gasteiger partial charge in [0.25, 0.3) is 0 Å². The lowest BCUT2D eigenvalue weighted by Crippen LogP contribution is -2.35. The highest BCUT2D eigenvalue weighted by Crippen LogP contribution is 2.31. The Morgan fingerprint density at radius 2 is 2.14 bits per heavy atom. The first kappa shape index (κ1) is 14.8. The summed E-state index contributed by atoms with van der Waals surface area (Å²) in [5, 5.41) is 3.78. The van der Waals surface area contributed by atoms with Gasteiger partial charge in [-0.2, -0.15) is 18.2 Å². The molecule has 0 N–H and O–H groups in total. The average Bonchev–Trinajstić information content (AvgIpc) is 2.93. The van der Waals surface area contributed by atoms with E-state index in [4.69, 9.17) is 4.52 Å². The van der Waals surface area contributed by atoms with Gasteiger partial charge in [-0.05, 0) is 31.9 Å². The number of hydrogen-bond donors (Lipinski definition) is 0. The Morgan fingerprint density at radius 1 is 1.32 bits per heavy atom. The molecule has 1 fully saturated rings. The van der Waals surface area contributed by atoms with E-state index >= 15 is 0 Å². The molecule has 3 heterocycles. The van der Waals surface area contributed by atoms with Crippen molar-refractivity contribution in [2.45, 2.75) is 31.9 Å². The van der Waals surface area contributed by atoms with Crippen molar-refractivity contribution < 1.29 is 17.7 Å². The van der Waals surface area contributed by atoms with Crippen molar-refractivity contribution in [1.82, 2.24) is 15.1 Å². The molecule has 1 saturated heterocycles. The molecule has 0 radical (unpaired) electrons. The predicted molar refractivity (Wildman–Crippen MR) is 72.5 cm³/mol. The average molecular weight is 312 g/mol. The van der Waals surface area contributed by atoms with Gasteiger partial charge in [0, 0.05) is 19.3 Å². The normalized spacial score (nSPS) is 19.5. The van der Waals surface area contributed by atoms with Crippen LogP contribution in [0.25, 0.3) is 0 Å². The maximum atomic E-state index is 12.6. The van der Waals surface area contributed by atoms with Crippen LogP contribution in [0, 0.1) is 6.92 Å². The molecule has 118 valence electrons. The highest BCUT2D eigenvalue weighted by Gasteiger charge is 2.31. The molecule has 8 heteroatoms. The van der Waals surface area contributed by atoms with Gasteiger partial charge in [-0.3, -0.25) is 0 Å². The van der Waals surface area contributed by atoms with Crippen molar-refractivity contribution in [2.75, 3.05) is 18.0 Å². The lowest BCUT2D eigenvalue weighted by atomic mass is 9.98. The van der Waals surface area contributed by atoms with E-state index in [1.54, 1.807) is 6.92 Å². The fourth-order valence-electron chi connectivity index (χ4n) is 2.61. The summed E-state index contributed by atoms with van der Waals surface area (Å²) >= 11 is 0. The van der Waals surface area contributed by atoms with E-state index in [9.17, 15) is 13.2 Å². The molecule has 0 saturated carbocycles. The lowest BCUT2D eigenvalue weighted by Gasteiger charge is -2.32. The molecule has 0 aliphatic carbocycles. The number of hydrogen-bond acceptors (Lipinski definition) is 5. The number of nitrogens with zero attached hydrogens (tertiary/aromatic N) is 4. The number of anilines is 1. The number of rotatable bonds is 2. The van der Waals surface area contributed by atoms with Crippen molar-refractivity contribution in [3.63, 3.8) is 0 Å². The minimum absolute atomic E-state index is 0.0824. The van der Waals surface area contributed by atoms with Gasteiger partial charge in [0.2, 0.25) is 5.89 Å². The fourth-order valence-corrected chi connectivity index (χ4v) is 2.61. The van der Waals surface area contributed by atoms with Crippen molar-refractivity contribution in [3.05, 3.63) is 35.6 Å². The molecule has 1 atom stereocenters. The Morgan fingerprint density at radius 3 is 2.73 bits per heavy atom. The maximum Gasteiger partial charge on any atom is 0.417 e.